The van der Waals surface area contributed by atoms with Crippen LogP contribution in [0.3, 0.4) is 0 Å². The van der Waals surface area contributed by atoms with Crippen molar-refractivity contribution in [2.75, 3.05) is 30.7 Å². The number of nitrogens with two attached hydrogens (primary N) is 1. The van der Waals surface area contributed by atoms with E-state index in [4.69, 9.17) is 5.73 Å². The Morgan fingerprint density at radius 2 is 2.16 bits per heavy atom. The highest BCUT2D eigenvalue weighted by Gasteiger charge is 2.27. The summed E-state index contributed by atoms with van der Waals surface area (Å²) in [6.45, 7) is 11.6. The molecule has 0 aliphatic heterocycles. The van der Waals surface area contributed by atoms with Crippen molar-refractivity contribution in [2.24, 2.45) is 0 Å². The fourth-order valence-corrected chi connectivity index (χ4v) is 2.47. The molecule has 1 aliphatic carbocycles. The summed E-state index contributed by atoms with van der Waals surface area (Å²) in [5.41, 5.74) is 7.79. The quantitative estimate of drug-likeness (QED) is 0.794. The van der Waals surface area contributed by atoms with E-state index in [2.05, 4.69) is 36.1 Å². The number of anilines is 2. The standard InChI is InChI=1S/C14H27N5/c1-5-18(12-6-7-12)9-8-16-14-13(15)11(4)17-19(14)10(2)3/h10,12,16H,5-9,15H2,1-4H3. The summed E-state index contributed by atoms with van der Waals surface area (Å²) >= 11 is 0. The molecule has 1 aromatic rings. The zero-order chi connectivity index (χ0) is 14.0. The van der Waals surface area contributed by atoms with Crippen LogP contribution in [0.15, 0.2) is 0 Å². The molecular weight excluding hydrogens is 238 g/mol. The molecule has 1 fully saturated rings. The fourth-order valence-electron chi connectivity index (χ4n) is 2.47. The second-order valence-electron chi connectivity index (χ2n) is 5.67. The van der Waals surface area contributed by atoms with Crippen LogP contribution in [0.1, 0.15) is 45.3 Å². The number of hydrogen-bond acceptors (Lipinski definition) is 4. The number of nitrogen functional groups attached to an aromatic ring is 1. The SMILES string of the molecule is CCN(CCNc1c(N)c(C)nn1C(C)C)C1CC1. The Bertz CT molecular complexity index is 420. The molecule has 1 heterocycles. The Hall–Kier alpha value is -1.23. The molecule has 1 aliphatic rings. The van der Waals surface area contributed by atoms with Crippen molar-refractivity contribution in [2.45, 2.75) is 52.6 Å². The van der Waals surface area contributed by atoms with Gasteiger partial charge in [-0.15, -0.1) is 0 Å². The van der Waals surface area contributed by atoms with Crippen LogP contribution in [0.2, 0.25) is 0 Å². The smallest absolute Gasteiger partial charge is 0.148 e. The number of nitrogens with one attached hydrogen (secondary N) is 1. The van der Waals surface area contributed by atoms with Crippen molar-refractivity contribution >= 4 is 11.5 Å². The van der Waals surface area contributed by atoms with E-state index in [1.807, 2.05) is 11.6 Å². The zero-order valence-electron chi connectivity index (χ0n) is 12.6. The van der Waals surface area contributed by atoms with E-state index in [1.165, 1.54) is 12.8 Å². The molecule has 5 heteroatoms. The number of aromatic nitrogens is 2. The molecule has 0 bridgehead atoms. The summed E-state index contributed by atoms with van der Waals surface area (Å²) in [7, 11) is 0. The second-order valence-corrected chi connectivity index (χ2v) is 5.67. The van der Waals surface area contributed by atoms with E-state index in [0.717, 1.165) is 42.9 Å². The van der Waals surface area contributed by atoms with Gasteiger partial charge >= 0.3 is 0 Å². The number of nitrogens with zero attached hydrogens (tertiary/aromatic N) is 3. The van der Waals surface area contributed by atoms with Gasteiger partial charge in [0.1, 0.15) is 5.82 Å². The molecule has 2 rings (SSSR count). The Morgan fingerprint density at radius 3 is 2.68 bits per heavy atom. The molecule has 19 heavy (non-hydrogen) atoms. The summed E-state index contributed by atoms with van der Waals surface area (Å²) < 4.78 is 1.98. The third kappa shape index (κ3) is 3.21. The number of aryl methyl sites for hydroxylation is 1. The Kier molecular flexibility index (Phi) is 4.34. The lowest BCUT2D eigenvalue weighted by Crippen LogP contribution is -2.31. The van der Waals surface area contributed by atoms with Crippen LogP contribution < -0.4 is 11.1 Å². The lowest BCUT2D eigenvalue weighted by Gasteiger charge is -2.21. The second kappa shape index (κ2) is 5.82. The van der Waals surface area contributed by atoms with Gasteiger partial charge < -0.3 is 11.1 Å². The van der Waals surface area contributed by atoms with Gasteiger partial charge in [-0.1, -0.05) is 6.92 Å². The van der Waals surface area contributed by atoms with Gasteiger partial charge in [-0.25, -0.2) is 4.68 Å². The van der Waals surface area contributed by atoms with E-state index in [9.17, 15) is 0 Å². The number of rotatable bonds is 7. The lowest BCUT2D eigenvalue weighted by molar-refractivity contribution is 0.288. The molecule has 0 spiro atoms. The van der Waals surface area contributed by atoms with Crippen molar-refractivity contribution in [3.63, 3.8) is 0 Å². The van der Waals surface area contributed by atoms with Crippen molar-refractivity contribution in [1.82, 2.24) is 14.7 Å². The molecule has 0 saturated heterocycles. The normalized spacial score (nSPS) is 15.5. The molecule has 0 amide bonds. The molecular formula is C14H27N5. The maximum Gasteiger partial charge on any atom is 0.148 e. The van der Waals surface area contributed by atoms with Gasteiger partial charge in [-0.3, -0.25) is 4.90 Å². The predicted octanol–water partition coefficient (Wildman–Crippen LogP) is 2.25. The van der Waals surface area contributed by atoms with Crippen molar-refractivity contribution in [3.05, 3.63) is 5.69 Å². The Morgan fingerprint density at radius 1 is 1.47 bits per heavy atom. The molecule has 0 radical (unpaired) electrons. The van der Waals surface area contributed by atoms with Gasteiger partial charge in [0.15, 0.2) is 0 Å². The number of hydrogen-bond donors (Lipinski definition) is 2. The van der Waals surface area contributed by atoms with Crippen molar-refractivity contribution < 1.29 is 0 Å². The van der Waals surface area contributed by atoms with E-state index in [1.54, 1.807) is 0 Å². The van der Waals surface area contributed by atoms with Crippen LogP contribution in [0.5, 0.6) is 0 Å². The molecule has 3 N–H and O–H groups in total. The molecule has 1 saturated carbocycles. The number of likely N-dealkylation sites (N-methyl/N-ethyl adjacent to an activating group) is 1. The average Bonchev–Trinajstić information content (AvgIpc) is 3.16. The zero-order valence-corrected chi connectivity index (χ0v) is 12.6. The summed E-state index contributed by atoms with van der Waals surface area (Å²) in [5.74, 6) is 0.972. The van der Waals surface area contributed by atoms with E-state index in [-0.39, 0.29) is 0 Å². The highest BCUT2D eigenvalue weighted by Crippen LogP contribution is 2.27. The summed E-state index contributed by atoms with van der Waals surface area (Å²) in [4.78, 5) is 2.53. The van der Waals surface area contributed by atoms with Gasteiger partial charge in [0.25, 0.3) is 0 Å². The molecule has 0 unspecified atom stereocenters. The first-order valence-electron chi connectivity index (χ1n) is 7.37. The fraction of sp³-hybridized carbons (Fsp3) is 0.786. The third-order valence-electron chi connectivity index (χ3n) is 3.78. The van der Waals surface area contributed by atoms with E-state index in [0.29, 0.717) is 6.04 Å². The lowest BCUT2D eigenvalue weighted by atomic mass is 10.3. The molecule has 0 atom stereocenters. The summed E-state index contributed by atoms with van der Waals surface area (Å²) in [6.07, 6.45) is 2.72. The van der Waals surface area contributed by atoms with Gasteiger partial charge in [-0.05, 0) is 40.2 Å². The maximum absolute atomic E-state index is 6.10. The topological polar surface area (TPSA) is 59.1 Å². The molecule has 5 nitrogen and oxygen atoms in total. The van der Waals surface area contributed by atoms with Crippen LogP contribution in [-0.4, -0.2) is 40.4 Å². The first kappa shape index (κ1) is 14.2. The van der Waals surface area contributed by atoms with Gasteiger partial charge in [-0.2, -0.15) is 5.10 Å². The summed E-state index contributed by atoms with van der Waals surface area (Å²) in [5, 5.41) is 7.96. The van der Waals surface area contributed by atoms with Gasteiger partial charge in [0.05, 0.1) is 11.4 Å². The monoisotopic (exact) mass is 265 g/mol. The maximum atomic E-state index is 6.10. The van der Waals surface area contributed by atoms with Crippen LogP contribution >= 0.6 is 0 Å². The predicted molar refractivity (Wildman–Crippen MR) is 80.5 cm³/mol. The molecule has 0 aromatic carbocycles. The van der Waals surface area contributed by atoms with Crippen LogP contribution in [0.4, 0.5) is 11.5 Å². The van der Waals surface area contributed by atoms with Crippen LogP contribution in [0.25, 0.3) is 0 Å². The minimum atomic E-state index is 0.323. The van der Waals surface area contributed by atoms with Crippen LogP contribution in [-0.2, 0) is 0 Å². The Labute approximate surface area is 116 Å². The summed E-state index contributed by atoms with van der Waals surface area (Å²) in [6, 6.07) is 1.14. The largest absolute Gasteiger partial charge is 0.394 e. The van der Waals surface area contributed by atoms with E-state index >= 15 is 0 Å². The highest BCUT2D eigenvalue weighted by molar-refractivity contribution is 5.64. The first-order valence-corrected chi connectivity index (χ1v) is 7.37. The van der Waals surface area contributed by atoms with Gasteiger partial charge in [0, 0.05) is 25.2 Å². The van der Waals surface area contributed by atoms with Gasteiger partial charge in [0.2, 0.25) is 0 Å². The van der Waals surface area contributed by atoms with Crippen molar-refractivity contribution in [3.8, 4) is 0 Å². The van der Waals surface area contributed by atoms with Crippen molar-refractivity contribution in [1.29, 1.82) is 0 Å². The Balaban J connectivity index is 1.94. The average molecular weight is 265 g/mol. The highest BCUT2D eigenvalue weighted by atomic mass is 15.4. The minimum absolute atomic E-state index is 0.323. The van der Waals surface area contributed by atoms with Crippen LogP contribution in [0, 0.1) is 6.92 Å². The van der Waals surface area contributed by atoms with E-state index < -0.39 is 0 Å². The first-order chi connectivity index (χ1) is 9.04. The molecule has 108 valence electrons. The third-order valence-corrected chi connectivity index (χ3v) is 3.78. The molecule has 1 aromatic heterocycles. The minimum Gasteiger partial charge on any atom is -0.394 e.